The molecule has 0 aromatic heterocycles. The zero-order valence-corrected chi connectivity index (χ0v) is 20.5. The fourth-order valence-corrected chi connectivity index (χ4v) is 5.63. The summed E-state index contributed by atoms with van der Waals surface area (Å²) in [6.45, 7) is 7.12. The number of nitrogens with one attached hydrogen (secondary N) is 1. The number of carbonyl (C=O) groups excluding carboxylic acids is 1. The van der Waals surface area contributed by atoms with Gasteiger partial charge in [0.15, 0.2) is 0 Å². The van der Waals surface area contributed by atoms with Gasteiger partial charge in [0.2, 0.25) is 15.9 Å². The number of carbonyl (C=O) groups is 1. The van der Waals surface area contributed by atoms with Crippen molar-refractivity contribution in [1.29, 1.82) is 0 Å². The third kappa shape index (κ3) is 6.24. The van der Waals surface area contributed by atoms with Crippen LogP contribution in [0, 0.1) is 6.92 Å². The van der Waals surface area contributed by atoms with E-state index in [9.17, 15) is 13.2 Å². The second-order valence-electron chi connectivity index (χ2n) is 8.43. The van der Waals surface area contributed by atoms with Crippen LogP contribution in [0.5, 0.6) is 0 Å². The summed E-state index contributed by atoms with van der Waals surface area (Å²) in [6, 6.07) is 12.4. The topological polar surface area (TPSA) is 69.7 Å². The van der Waals surface area contributed by atoms with Gasteiger partial charge in [-0.3, -0.25) is 14.0 Å². The molecule has 0 bridgehead atoms. The zero-order valence-electron chi connectivity index (χ0n) is 19.0. The van der Waals surface area contributed by atoms with Crippen LogP contribution in [0.25, 0.3) is 0 Å². The highest BCUT2D eigenvalue weighted by molar-refractivity contribution is 7.92. The number of hydrogen-bond donors (Lipinski definition) is 1. The van der Waals surface area contributed by atoms with Gasteiger partial charge < -0.3 is 5.32 Å². The van der Waals surface area contributed by atoms with Crippen LogP contribution in [-0.4, -0.2) is 44.6 Å². The van der Waals surface area contributed by atoms with E-state index in [-0.39, 0.29) is 5.91 Å². The van der Waals surface area contributed by atoms with Gasteiger partial charge in [-0.15, -0.1) is 0 Å². The van der Waals surface area contributed by atoms with E-state index in [1.165, 1.54) is 22.7 Å². The Kier molecular flexibility index (Phi) is 8.20. The van der Waals surface area contributed by atoms with E-state index >= 15 is 0 Å². The normalized spacial score (nSPS) is 15.5. The second kappa shape index (κ2) is 10.7. The van der Waals surface area contributed by atoms with E-state index < -0.39 is 16.1 Å². The zero-order chi connectivity index (χ0) is 23.3. The minimum atomic E-state index is -3.71. The van der Waals surface area contributed by atoms with Gasteiger partial charge in [0.25, 0.3) is 0 Å². The Morgan fingerprint density at radius 1 is 1.16 bits per heavy atom. The Morgan fingerprint density at radius 2 is 1.84 bits per heavy atom. The maximum Gasteiger partial charge on any atom is 0.244 e. The van der Waals surface area contributed by atoms with Crippen molar-refractivity contribution in [2.45, 2.75) is 52.2 Å². The molecule has 6 nitrogen and oxygen atoms in total. The van der Waals surface area contributed by atoms with Gasteiger partial charge in [0.1, 0.15) is 6.04 Å². The fourth-order valence-electron chi connectivity index (χ4n) is 4.20. The number of nitrogens with zero attached hydrogens (tertiary/aromatic N) is 2. The summed E-state index contributed by atoms with van der Waals surface area (Å²) < 4.78 is 26.6. The molecule has 8 heteroatoms. The van der Waals surface area contributed by atoms with Crippen molar-refractivity contribution in [3.05, 3.63) is 64.2 Å². The van der Waals surface area contributed by atoms with Crippen molar-refractivity contribution in [3.63, 3.8) is 0 Å². The summed E-state index contributed by atoms with van der Waals surface area (Å²) in [5, 5.41) is 3.36. The molecule has 2 aromatic rings. The lowest BCUT2D eigenvalue weighted by atomic mass is 10.1. The van der Waals surface area contributed by atoms with Crippen molar-refractivity contribution >= 4 is 33.2 Å². The SMILES string of the molecule is CCC(C(=O)NCc1cccc(CN2CCCC2)c1)N(c1cc(Cl)ccc1C)S(C)(=O)=O. The van der Waals surface area contributed by atoms with Crippen LogP contribution in [0.15, 0.2) is 42.5 Å². The van der Waals surface area contributed by atoms with Gasteiger partial charge in [-0.05, 0) is 68.1 Å². The monoisotopic (exact) mass is 477 g/mol. The summed E-state index contributed by atoms with van der Waals surface area (Å²) in [7, 11) is -3.71. The van der Waals surface area contributed by atoms with E-state index in [1.807, 2.05) is 12.1 Å². The number of anilines is 1. The quantitative estimate of drug-likeness (QED) is 0.590. The Balaban J connectivity index is 1.75. The van der Waals surface area contributed by atoms with Crippen LogP contribution in [0.2, 0.25) is 5.02 Å². The molecule has 174 valence electrons. The molecule has 0 aliphatic carbocycles. The summed E-state index contributed by atoms with van der Waals surface area (Å²) in [6.07, 6.45) is 3.94. The lowest BCUT2D eigenvalue weighted by Crippen LogP contribution is -2.49. The Hall–Kier alpha value is -2.09. The van der Waals surface area contributed by atoms with E-state index in [2.05, 4.69) is 22.3 Å². The number of halogens is 1. The minimum absolute atomic E-state index is 0.331. The molecule has 1 aliphatic heterocycles. The van der Waals surface area contributed by atoms with Crippen LogP contribution in [0.4, 0.5) is 5.69 Å². The summed E-state index contributed by atoms with van der Waals surface area (Å²) >= 11 is 6.13. The van der Waals surface area contributed by atoms with Gasteiger partial charge >= 0.3 is 0 Å². The average Bonchev–Trinajstić information content (AvgIpc) is 3.24. The number of aryl methyl sites for hydroxylation is 1. The number of hydrogen-bond acceptors (Lipinski definition) is 4. The maximum absolute atomic E-state index is 13.1. The Bertz CT molecular complexity index is 1050. The molecule has 0 radical (unpaired) electrons. The molecule has 1 N–H and O–H groups in total. The molecule has 0 saturated carbocycles. The molecule has 1 amide bonds. The number of amides is 1. The first-order valence-corrected chi connectivity index (χ1v) is 13.2. The third-order valence-corrected chi connectivity index (χ3v) is 7.20. The molecule has 2 aromatic carbocycles. The average molecular weight is 478 g/mol. The first kappa shape index (κ1) is 24.6. The minimum Gasteiger partial charge on any atom is -0.350 e. The van der Waals surface area contributed by atoms with Gasteiger partial charge in [0, 0.05) is 18.1 Å². The number of likely N-dealkylation sites (tertiary alicyclic amines) is 1. The van der Waals surface area contributed by atoms with Crippen LogP contribution >= 0.6 is 11.6 Å². The summed E-state index contributed by atoms with van der Waals surface area (Å²) in [5.74, 6) is -0.331. The van der Waals surface area contributed by atoms with Gasteiger partial charge in [-0.2, -0.15) is 0 Å². The van der Waals surface area contributed by atoms with Gasteiger partial charge in [-0.1, -0.05) is 48.9 Å². The fraction of sp³-hybridized carbons (Fsp3) is 0.458. The maximum atomic E-state index is 13.1. The Morgan fingerprint density at radius 3 is 2.50 bits per heavy atom. The lowest BCUT2D eigenvalue weighted by molar-refractivity contribution is -0.122. The molecule has 1 saturated heterocycles. The van der Waals surface area contributed by atoms with Crippen molar-refractivity contribution < 1.29 is 13.2 Å². The molecule has 1 unspecified atom stereocenters. The number of sulfonamides is 1. The van der Waals surface area contributed by atoms with E-state index in [0.717, 1.165) is 37.0 Å². The van der Waals surface area contributed by atoms with Crippen LogP contribution < -0.4 is 9.62 Å². The highest BCUT2D eigenvalue weighted by atomic mass is 35.5. The summed E-state index contributed by atoms with van der Waals surface area (Å²) in [5.41, 5.74) is 3.38. The van der Waals surface area contributed by atoms with Gasteiger partial charge in [0.05, 0.1) is 11.9 Å². The summed E-state index contributed by atoms with van der Waals surface area (Å²) in [4.78, 5) is 15.5. The molecule has 1 aliphatic rings. The smallest absolute Gasteiger partial charge is 0.244 e. The first-order valence-electron chi connectivity index (χ1n) is 11.0. The standard InChI is InChI=1S/C24H32ClN3O3S/c1-4-22(28(32(3,30)31)23-15-21(25)11-10-18(23)2)24(29)26-16-19-8-7-9-20(14-19)17-27-12-5-6-13-27/h7-11,14-15,22H,4-6,12-13,16-17H2,1-3H3,(H,26,29). The predicted molar refractivity (Wildman–Crippen MR) is 130 cm³/mol. The van der Waals surface area contributed by atoms with Gasteiger partial charge in [-0.25, -0.2) is 8.42 Å². The second-order valence-corrected chi connectivity index (χ2v) is 10.7. The first-order chi connectivity index (χ1) is 15.2. The van der Waals surface area contributed by atoms with E-state index in [0.29, 0.717) is 23.7 Å². The largest absolute Gasteiger partial charge is 0.350 e. The molecule has 1 fully saturated rings. The predicted octanol–water partition coefficient (Wildman–Crippen LogP) is 4.11. The number of rotatable bonds is 9. The molecule has 3 rings (SSSR count). The van der Waals surface area contributed by atoms with Crippen molar-refractivity contribution in [3.8, 4) is 0 Å². The highest BCUT2D eigenvalue weighted by Gasteiger charge is 2.32. The number of benzene rings is 2. The Labute approximate surface area is 196 Å². The van der Waals surface area contributed by atoms with E-state index in [1.54, 1.807) is 32.0 Å². The van der Waals surface area contributed by atoms with Crippen molar-refractivity contribution in [2.75, 3.05) is 23.7 Å². The molecule has 0 spiro atoms. The highest BCUT2D eigenvalue weighted by Crippen LogP contribution is 2.29. The van der Waals surface area contributed by atoms with Crippen LogP contribution in [0.1, 0.15) is 42.9 Å². The molecular weight excluding hydrogens is 446 g/mol. The van der Waals surface area contributed by atoms with E-state index in [4.69, 9.17) is 11.6 Å². The molecule has 1 heterocycles. The van der Waals surface area contributed by atoms with Crippen LogP contribution in [-0.2, 0) is 27.9 Å². The molecule has 32 heavy (non-hydrogen) atoms. The van der Waals surface area contributed by atoms with Crippen molar-refractivity contribution in [1.82, 2.24) is 10.2 Å². The lowest BCUT2D eigenvalue weighted by Gasteiger charge is -2.31. The van der Waals surface area contributed by atoms with Crippen molar-refractivity contribution in [2.24, 2.45) is 0 Å². The molecular formula is C24H32ClN3O3S. The van der Waals surface area contributed by atoms with Crippen LogP contribution in [0.3, 0.4) is 0 Å². The third-order valence-electron chi connectivity index (χ3n) is 5.80. The molecule has 1 atom stereocenters.